The number of hydrogen-bond acceptors (Lipinski definition) is 3. The summed E-state index contributed by atoms with van der Waals surface area (Å²) in [5.41, 5.74) is 3.93. The molecule has 1 spiro atoms. The van der Waals surface area contributed by atoms with E-state index in [2.05, 4.69) is 79.6 Å². The minimum atomic E-state index is -0.172. The van der Waals surface area contributed by atoms with Gasteiger partial charge in [0.05, 0.1) is 5.92 Å². The first-order valence-electron chi connectivity index (χ1n) is 14.2. The average molecular weight is 551 g/mol. The number of fused-ring (bicyclic) bond motifs is 2. The predicted octanol–water partition coefficient (Wildman–Crippen LogP) is 5.88. The van der Waals surface area contributed by atoms with Crippen LogP contribution in [0.5, 0.6) is 0 Å². The smallest absolute Gasteiger partial charge is 0.228 e. The minimum absolute atomic E-state index is 0.000175. The summed E-state index contributed by atoms with van der Waals surface area (Å²) in [5.74, 6) is 1.13. The van der Waals surface area contributed by atoms with Gasteiger partial charge in [-0.3, -0.25) is 9.69 Å². The average Bonchev–Trinajstić information content (AvgIpc) is 3.32. The third-order valence-corrected chi connectivity index (χ3v) is 10.0. The molecule has 5 heteroatoms. The number of nitrogens with zero attached hydrogens (tertiary/aromatic N) is 2. The molecule has 0 bridgehead atoms. The molecule has 1 aliphatic carbocycles. The fraction of sp³-hybridized carbons (Fsp3) is 0.581. The molecule has 3 atom stereocenters. The number of piperidine rings is 1. The Kier molecular flexibility index (Phi) is 7.25. The van der Waals surface area contributed by atoms with Crippen molar-refractivity contribution >= 4 is 21.8 Å². The highest BCUT2D eigenvalue weighted by molar-refractivity contribution is 9.10. The first-order valence-corrected chi connectivity index (χ1v) is 15.0. The van der Waals surface area contributed by atoms with Crippen LogP contribution in [0.3, 0.4) is 0 Å². The van der Waals surface area contributed by atoms with E-state index in [1.807, 2.05) is 0 Å². The van der Waals surface area contributed by atoms with E-state index in [-0.39, 0.29) is 11.3 Å². The van der Waals surface area contributed by atoms with E-state index in [0.29, 0.717) is 17.9 Å². The molecule has 1 amide bonds. The molecule has 4 nitrogen and oxygen atoms in total. The number of hydrogen-bond donors (Lipinski definition) is 1. The highest BCUT2D eigenvalue weighted by Gasteiger charge is 2.53. The number of halogens is 1. The molecule has 0 aromatic heterocycles. The quantitative estimate of drug-likeness (QED) is 0.516. The molecular weight excluding hydrogens is 510 g/mol. The van der Waals surface area contributed by atoms with E-state index in [1.54, 1.807) is 0 Å². The second-order valence-corrected chi connectivity index (χ2v) is 12.7. The van der Waals surface area contributed by atoms with Gasteiger partial charge in [0, 0.05) is 55.2 Å². The van der Waals surface area contributed by atoms with E-state index in [9.17, 15) is 4.79 Å². The summed E-state index contributed by atoms with van der Waals surface area (Å²) < 4.78 is 1.13. The number of nitrogens with one attached hydrogen (secondary N) is 1. The molecular formula is C31H40BrN3O. The van der Waals surface area contributed by atoms with Crippen LogP contribution in [-0.2, 0) is 23.3 Å². The summed E-state index contributed by atoms with van der Waals surface area (Å²) in [4.78, 5) is 19.5. The number of amides is 1. The molecule has 192 valence electrons. The van der Waals surface area contributed by atoms with Gasteiger partial charge in [-0.2, -0.15) is 0 Å². The molecule has 4 aliphatic rings. The number of likely N-dealkylation sites (tertiary alicyclic amines) is 1. The number of carbonyl (C=O) groups excluding carboxylic acids is 1. The Labute approximate surface area is 224 Å². The monoisotopic (exact) mass is 549 g/mol. The first-order chi connectivity index (χ1) is 17.6. The van der Waals surface area contributed by atoms with Gasteiger partial charge < -0.3 is 10.2 Å². The van der Waals surface area contributed by atoms with Crippen molar-refractivity contribution in [1.82, 2.24) is 15.1 Å². The molecule has 3 aliphatic heterocycles. The number of benzene rings is 2. The van der Waals surface area contributed by atoms with Crippen molar-refractivity contribution < 1.29 is 4.79 Å². The predicted molar refractivity (Wildman–Crippen MR) is 149 cm³/mol. The summed E-state index contributed by atoms with van der Waals surface area (Å²) in [6, 6.07) is 18.0. The highest BCUT2D eigenvalue weighted by atomic mass is 79.9. The first kappa shape index (κ1) is 24.6. The zero-order valence-corrected chi connectivity index (χ0v) is 23.0. The summed E-state index contributed by atoms with van der Waals surface area (Å²) in [7, 11) is 0. The second kappa shape index (κ2) is 10.6. The van der Waals surface area contributed by atoms with Gasteiger partial charge in [0.25, 0.3) is 0 Å². The second-order valence-electron chi connectivity index (χ2n) is 11.8. The van der Waals surface area contributed by atoms with Gasteiger partial charge in [-0.25, -0.2) is 0 Å². The SMILES string of the molecule is O=C([C@@H]1CNC[C@]12CN(Cc1ccccc1)Cc1cc(Br)ccc12)N1CCCC[C@H]1C1CCCCC1. The van der Waals surface area contributed by atoms with Crippen LogP contribution in [0.2, 0.25) is 0 Å². The lowest BCUT2D eigenvalue weighted by Crippen LogP contribution is -2.57. The Hall–Kier alpha value is -1.69. The van der Waals surface area contributed by atoms with Crippen LogP contribution < -0.4 is 5.32 Å². The van der Waals surface area contributed by atoms with E-state index in [0.717, 1.165) is 50.2 Å². The molecule has 6 rings (SSSR count). The lowest BCUT2D eigenvalue weighted by atomic mass is 9.67. The van der Waals surface area contributed by atoms with Gasteiger partial charge in [-0.1, -0.05) is 71.6 Å². The van der Waals surface area contributed by atoms with Crippen LogP contribution in [0.25, 0.3) is 0 Å². The molecule has 2 aromatic carbocycles. The van der Waals surface area contributed by atoms with Crippen molar-refractivity contribution in [3.63, 3.8) is 0 Å². The van der Waals surface area contributed by atoms with Crippen molar-refractivity contribution in [2.75, 3.05) is 26.2 Å². The van der Waals surface area contributed by atoms with Crippen molar-refractivity contribution in [2.45, 2.75) is 75.9 Å². The third-order valence-electron chi connectivity index (χ3n) is 9.53. The lowest BCUT2D eigenvalue weighted by molar-refractivity contribution is -0.143. The fourth-order valence-electron chi connectivity index (χ4n) is 7.88. The van der Waals surface area contributed by atoms with Crippen LogP contribution in [0.15, 0.2) is 53.0 Å². The van der Waals surface area contributed by atoms with Gasteiger partial charge in [-0.15, -0.1) is 0 Å². The van der Waals surface area contributed by atoms with Gasteiger partial charge in [0.15, 0.2) is 0 Å². The van der Waals surface area contributed by atoms with Gasteiger partial charge in [0.2, 0.25) is 5.91 Å². The van der Waals surface area contributed by atoms with E-state index in [4.69, 9.17) is 0 Å². The van der Waals surface area contributed by atoms with Crippen molar-refractivity contribution in [1.29, 1.82) is 0 Å². The zero-order valence-electron chi connectivity index (χ0n) is 21.4. The summed E-state index contributed by atoms with van der Waals surface area (Å²) in [5, 5.41) is 3.70. The third kappa shape index (κ3) is 4.68. The Balaban J connectivity index is 1.32. The van der Waals surface area contributed by atoms with Crippen LogP contribution >= 0.6 is 15.9 Å². The molecule has 3 fully saturated rings. The van der Waals surface area contributed by atoms with Gasteiger partial charge in [-0.05, 0) is 66.8 Å². The maximum absolute atomic E-state index is 14.5. The van der Waals surface area contributed by atoms with Crippen molar-refractivity contribution in [3.8, 4) is 0 Å². The van der Waals surface area contributed by atoms with Crippen LogP contribution in [-0.4, -0.2) is 47.9 Å². The fourth-order valence-corrected chi connectivity index (χ4v) is 8.29. The van der Waals surface area contributed by atoms with E-state index in [1.165, 1.54) is 61.6 Å². The minimum Gasteiger partial charge on any atom is -0.339 e. The van der Waals surface area contributed by atoms with Crippen LogP contribution in [0, 0.1) is 11.8 Å². The van der Waals surface area contributed by atoms with Crippen molar-refractivity contribution in [3.05, 3.63) is 69.7 Å². The molecule has 2 saturated heterocycles. The van der Waals surface area contributed by atoms with Crippen LogP contribution in [0.1, 0.15) is 68.1 Å². The molecule has 3 heterocycles. The summed E-state index contributed by atoms with van der Waals surface area (Å²) >= 11 is 3.72. The Morgan fingerprint density at radius 2 is 1.81 bits per heavy atom. The summed E-state index contributed by atoms with van der Waals surface area (Å²) in [6.45, 7) is 5.41. The van der Waals surface area contributed by atoms with Crippen LogP contribution in [0.4, 0.5) is 0 Å². The topological polar surface area (TPSA) is 35.6 Å². The maximum Gasteiger partial charge on any atom is 0.228 e. The van der Waals surface area contributed by atoms with Gasteiger partial charge >= 0.3 is 0 Å². The normalized spacial score (nSPS) is 29.4. The van der Waals surface area contributed by atoms with E-state index < -0.39 is 0 Å². The molecule has 0 radical (unpaired) electrons. The van der Waals surface area contributed by atoms with Crippen molar-refractivity contribution in [2.24, 2.45) is 11.8 Å². The lowest BCUT2D eigenvalue weighted by Gasteiger charge is -2.48. The zero-order chi connectivity index (χ0) is 24.5. The molecule has 36 heavy (non-hydrogen) atoms. The Morgan fingerprint density at radius 1 is 1.00 bits per heavy atom. The molecule has 1 saturated carbocycles. The highest BCUT2D eigenvalue weighted by Crippen LogP contribution is 2.45. The number of rotatable bonds is 4. The molecule has 2 aromatic rings. The standard InChI is InChI=1S/C31H40BrN3O/c32-26-14-15-27-25(17-26)20-34(19-23-9-3-1-4-10-23)22-31(27)21-33-18-28(31)30(36)35-16-8-7-13-29(35)24-11-5-2-6-12-24/h1,3-4,9-10,14-15,17,24,28-29,33H,2,5-8,11-13,16,18-22H2/t28-,29-,31+/m0/s1. The Morgan fingerprint density at radius 3 is 2.64 bits per heavy atom. The molecule has 0 unspecified atom stereocenters. The van der Waals surface area contributed by atoms with Gasteiger partial charge in [0.1, 0.15) is 0 Å². The van der Waals surface area contributed by atoms with E-state index >= 15 is 0 Å². The summed E-state index contributed by atoms with van der Waals surface area (Å²) in [6.07, 6.45) is 10.3. The largest absolute Gasteiger partial charge is 0.339 e. The Bertz CT molecular complexity index is 1070. The molecule has 1 N–H and O–H groups in total. The number of carbonyl (C=O) groups is 1. The maximum atomic E-state index is 14.5.